The number of alkyl halides is 1. The molecule has 9 heteroatoms. The number of methoxy groups -OCH3 is 1. The molecular formula is C22H31BrN2O6. The van der Waals surface area contributed by atoms with Crippen molar-refractivity contribution in [3.63, 3.8) is 0 Å². The molecule has 0 spiro atoms. The summed E-state index contributed by atoms with van der Waals surface area (Å²) in [6.45, 7) is 0.715. The van der Waals surface area contributed by atoms with E-state index in [1.165, 1.54) is 7.11 Å². The van der Waals surface area contributed by atoms with E-state index in [1.807, 2.05) is 37.4 Å². The van der Waals surface area contributed by atoms with Crippen molar-refractivity contribution in [3.8, 4) is 0 Å². The molecule has 2 rings (SSSR count). The van der Waals surface area contributed by atoms with E-state index in [4.69, 9.17) is 9.47 Å². The van der Waals surface area contributed by atoms with Crippen LogP contribution < -0.4 is 10.6 Å². The maximum absolute atomic E-state index is 12.9. The van der Waals surface area contributed by atoms with Crippen molar-refractivity contribution in [1.29, 1.82) is 0 Å². The molecule has 0 radical (unpaired) electrons. The molecule has 0 heterocycles. The molecule has 172 valence electrons. The van der Waals surface area contributed by atoms with Crippen molar-refractivity contribution < 1.29 is 29.0 Å². The van der Waals surface area contributed by atoms with Crippen LogP contribution in [-0.2, 0) is 30.3 Å². The normalized spacial score (nSPS) is 24.1. The second kappa shape index (κ2) is 12.8. The van der Waals surface area contributed by atoms with E-state index in [0.29, 0.717) is 13.0 Å². The number of carbonyl (C=O) groups is 3. The molecule has 1 aromatic carbocycles. The number of hydrogen-bond acceptors (Lipinski definition) is 7. The molecule has 1 aliphatic rings. The van der Waals surface area contributed by atoms with Gasteiger partial charge in [0, 0.05) is 19.3 Å². The highest BCUT2D eigenvalue weighted by Crippen LogP contribution is 2.32. The zero-order valence-corrected chi connectivity index (χ0v) is 19.5. The Hall–Kier alpha value is -1.97. The van der Waals surface area contributed by atoms with E-state index >= 15 is 0 Å². The molecule has 0 bridgehead atoms. The summed E-state index contributed by atoms with van der Waals surface area (Å²) in [6.07, 6.45) is 0.164. The fourth-order valence-corrected chi connectivity index (χ4v) is 4.33. The Morgan fingerprint density at radius 3 is 2.58 bits per heavy atom. The highest BCUT2D eigenvalue weighted by molar-refractivity contribution is 9.09. The molecule has 0 saturated heterocycles. The molecule has 1 fully saturated rings. The van der Waals surface area contributed by atoms with Gasteiger partial charge in [0.05, 0.1) is 24.0 Å². The van der Waals surface area contributed by atoms with E-state index in [2.05, 4.69) is 26.6 Å². The Kier molecular flexibility index (Phi) is 10.4. The lowest BCUT2D eigenvalue weighted by molar-refractivity contribution is -0.154. The number of aliphatic hydroxyl groups excluding tert-OH is 1. The molecule has 0 aromatic heterocycles. The predicted molar refractivity (Wildman–Crippen MR) is 119 cm³/mol. The summed E-state index contributed by atoms with van der Waals surface area (Å²) in [7, 11) is 3.08. The highest BCUT2D eigenvalue weighted by Gasteiger charge is 2.41. The molecule has 5 atom stereocenters. The van der Waals surface area contributed by atoms with Crippen LogP contribution in [0.3, 0.4) is 0 Å². The van der Waals surface area contributed by atoms with Gasteiger partial charge in [-0.3, -0.25) is 9.59 Å². The number of hydrogen-bond donors (Lipinski definition) is 3. The van der Waals surface area contributed by atoms with Gasteiger partial charge in [-0.2, -0.15) is 0 Å². The number of carbonyl (C=O) groups excluding carboxylic acids is 3. The molecule has 1 aliphatic carbocycles. The lowest BCUT2D eigenvalue weighted by Gasteiger charge is -2.36. The van der Waals surface area contributed by atoms with Crippen molar-refractivity contribution in [3.05, 3.63) is 35.9 Å². The van der Waals surface area contributed by atoms with Crippen molar-refractivity contribution in [2.24, 2.45) is 5.92 Å². The topological polar surface area (TPSA) is 114 Å². The summed E-state index contributed by atoms with van der Waals surface area (Å²) in [4.78, 5) is 36.8. The van der Waals surface area contributed by atoms with Crippen molar-refractivity contribution in [1.82, 2.24) is 10.6 Å². The van der Waals surface area contributed by atoms with Crippen molar-refractivity contribution >= 4 is 33.8 Å². The Morgan fingerprint density at radius 1 is 1.23 bits per heavy atom. The number of amides is 1. The van der Waals surface area contributed by atoms with Gasteiger partial charge in [0.25, 0.3) is 0 Å². The number of ether oxygens (including phenoxy) is 2. The Labute approximate surface area is 191 Å². The van der Waals surface area contributed by atoms with Crippen LogP contribution in [0.4, 0.5) is 0 Å². The van der Waals surface area contributed by atoms with Gasteiger partial charge in [-0.05, 0) is 32.0 Å². The first-order chi connectivity index (χ1) is 14.8. The first kappa shape index (κ1) is 25.3. The Balaban J connectivity index is 1.95. The summed E-state index contributed by atoms with van der Waals surface area (Å²) >= 11 is 3.49. The van der Waals surface area contributed by atoms with Crippen LogP contribution in [0.2, 0.25) is 0 Å². The van der Waals surface area contributed by atoms with E-state index < -0.39 is 36.0 Å². The monoisotopic (exact) mass is 498 g/mol. The number of rotatable bonds is 10. The van der Waals surface area contributed by atoms with Gasteiger partial charge in [0.15, 0.2) is 0 Å². The fraction of sp³-hybridized carbons (Fsp3) is 0.591. The van der Waals surface area contributed by atoms with Crippen molar-refractivity contribution in [2.75, 3.05) is 20.7 Å². The highest BCUT2D eigenvalue weighted by atomic mass is 79.9. The van der Waals surface area contributed by atoms with Gasteiger partial charge < -0.3 is 25.2 Å². The largest absolute Gasteiger partial charge is 0.467 e. The summed E-state index contributed by atoms with van der Waals surface area (Å²) in [6, 6.07) is 8.44. The molecular weight excluding hydrogens is 468 g/mol. The minimum absolute atomic E-state index is 0.146. The third kappa shape index (κ3) is 7.90. The fourth-order valence-electron chi connectivity index (χ4n) is 3.61. The van der Waals surface area contributed by atoms with Crippen LogP contribution >= 0.6 is 15.9 Å². The lowest BCUT2D eigenvalue weighted by Crippen LogP contribution is -2.52. The van der Waals surface area contributed by atoms with Crippen LogP contribution in [0.1, 0.15) is 31.2 Å². The van der Waals surface area contributed by atoms with Gasteiger partial charge in [-0.1, -0.05) is 46.3 Å². The van der Waals surface area contributed by atoms with Gasteiger partial charge in [-0.25, -0.2) is 4.79 Å². The number of benzene rings is 1. The average molecular weight is 499 g/mol. The molecule has 8 nitrogen and oxygen atoms in total. The van der Waals surface area contributed by atoms with Gasteiger partial charge in [0.2, 0.25) is 5.91 Å². The number of halogens is 1. The first-order valence-corrected chi connectivity index (χ1v) is 11.4. The summed E-state index contributed by atoms with van der Waals surface area (Å²) < 4.78 is 10.3. The van der Waals surface area contributed by atoms with Crippen LogP contribution in [0.5, 0.6) is 0 Å². The molecule has 1 amide bonds. The zero-order valence-electron chi connectivity index (χ0n) is 17.9. The average Bonchev–Trinajstić information content (AvgIpc) is 2.75. The summed E-state index contributed by atoms with van der Waals surface area (Å²) in [5.41, 5.74) is 0.881. The van der Waals surface area contributed by atoms with Crippen LogP contribution in [-0.4, -0.2) is 66.7 Å². The van der Waals surface area contributed by atoms with E-state index in [-0.39, 0.29) is 36.5 Å². The van der Waals surface area contributed by atoms with Crippen LogP contribution in [0.15, 0.2) is 30.3 Å². The Morgan fingerprint density at radius 2 is 1.94 bits per heavy atom. The van der Waals surface area contributed by atoms with Crippen LogP contribution in [0.25, 0.3) is 0 Å². The van der Waals surface area contributed by atoms with E-state index in [1.54, 1.807) is 0 Å². The molecule has 3 N–H and O–H groups in total. The Bertz CT molecular complexity index is 732. The number of esters is 2. The van der Waals surface area contributed by atoms with Crippen LogP contribution in [0, 0.1) is 5.92 Å². The molecule has 31 heavy (non-hydrogen) atoms. The third-order valence-corrected chi connectivity index (χ3v) is 6.30. The van der Waals surface area contributed by atoms with Gasteiger partial charge >= 0.3 is 11.9 Å². The second-order valence-corrected chi connectivity index (χ2v) is 8.85. The predicted octanol–water partition coefficient (Wildman–Crippen LogP) is 1.33. The maximum atomic E-state index is 12.9. The molecule has 0 aliphatic heterocycles. The second-order valence-electron chi connectivity index (χ2n) is 7.67. The van der Waals surface area contributed by atoms with Crippen molar-refractivity contribution in [2.45, 2.75) is 55.2 Å². The maximum Gasteiger partial charge on any atom is 0.328 e. The first-order valence-electron chi connectivity index (χ1n) is 10.4. The van der Waals surface area contributed by atoms with Gasteiger partial charge in [0.1, 0.15) is 12.1 Å². The quantitative estimate of drug-likeness (QED) is 0.253. The lowest BCUT2D eigenvalue weighted by atomic mass is 9.83. The zero-order chi connectivity index (χ0) is 22.8. The number of aliphatic hydroxyl groups is 1. The van der Waals surface area contributed by atoms with E-state index in [9.17, 15) is 19.5 Å². The molecule has 1 aromatic rings. The SMILES string of the molecule is CNCCCC(=O)OC1CC(O)C(C(=O)N[C@@H](Cc2ccccc2)C(=O)OC)CC1Br. The standard InChI is InChI=1S/C22H31BrN2O6/c1-24-10-6-9-20(27)31-19-13-18(26)15(12-16(19)23)21(28)25-17(22(29)30-2)11-14-7-4-3-5-8-14/h3-5,7-8,15-19,24,26H,6,9-13H2,1-2H3,(H,25,28)/t15?,16?,17-,18?,19?/m0/s1. The minimum Gasteiger partial charge on any atom is -0.467 e. The molecule has 1 saturated carbocycles. The third-order valence-electron chi connectivity index (χ3n) is 5.33. The molecule has 4 unspecified atom stereocenters. The van der Waals surface area contributed by atoms with E-state index in [0.717, 1.165) is 5.56 Å². The van der Waals surface area contributed by atoms with Gasteiger partial charge in [-0.15, -0.1) is 0 Å². The minimum atomic E-state index is -0.987. The summed E-state index contributed by atoms with van der Waals surface area (Å²) in [5, 5.41) is 16.2. The summed E-state index contributed by atoms with van der Waals surface area (Å²) in [5.74, 6) is -2.03. The smallest absolute Gasteiger partial charge is 0.328 e. The number of nitrogens with one attached hydrogen (secondary N) is 2.